The molecule has 0 saturated carbocycles. The van der Waals surface area contributed by atoms with Gasteiger partial charge in [-0.05, 0) is 36.6 Å². The van der Waals surface area contributed by atoms with Gasteiger partial charge in [-0.15, -0.1) is 0 Å². The summed E-state index contributed by atoms with van der Waals surface area (Å²) in [6.07, 6.45) is 0.899. The quantitative estimate of drug-likeness (QED) is 0.854. The van der Waals surface area contributed by atoms with E-state index in [0.29, 0.717) is 24.6 Å². The van der Waals surface area contributed by atoms with Crippen molar-refractivity contribution in [3.8, 4) is 0 Å². The molecule has 0 aliphatic carbocycles. The second-order valence-corrected chi connectivity index (χ2v) is 5.33. The molecule has 1 fully saturated rings. The van der Waals surface area contributed by atoms with Crippen LogP contribution in [-0.4, -0.2) is 19.3 Å². The third-order valence-electron chi connectivity index (χ3n) is 3.57. The van der Waals surface area contributed by atoms with Crippen molar-refractivity contribution >= 4 is 11.6 Å². The van der Waals surface area contributed by atoms with Gasteiger partial charge in [0.1, 0.15) is 0 Å². The Balaban J connectivity index is 2.35. The van der Waals surface area contributed by atoms with E-state index in [1.54, 1.807) is 0 Å². The van der Waals surface area contributed by atoms with E-state index in [1.165, 1.54) is 6.07 Å². The minimum Gasteiger partial charge on any atom is -0.376 e. The number of halogens is 3. The Hall–Kier alpha value is -0.710. The summed E-state index contributed by atoms with van der Waals surface area (Å²) in [5, 5.41) is 3.49. The highest BCUT2D eigenvalue weighted by atomic mass is 35.5. The molecule has 1 aliphatic rings. The maximum Gasteiger partial charge on any atom is 0.160 e. The first-order valence-corrected chi connectivity index (χ1v) is 6.91. The topological polar surface area (TPSA) is 21.3 Å². The third kappa shape index (κ3) is 3.07. The van der Waals surface area contributed by atoms with Crippen LogP contribution in [0.25, 0.3) is 0 Å². The van der Waals surface area contributed by atoms with Crippen molar-refractivity contribution in [1.82, 2.24) is 5.32 Å². The molecule has 19 heavy (non-hydrogen) atoms. The van der Waals surface area contributed by atoms with Crippen molar-refractivity contribution in [2.45, 2.75) is 32.4 Å². The van der Waals surface area contributed by atoms with Crippen LogP contribution in [-0.2, 0) is 4.74 Å². The monoisotopic (exact) mass is 289 g/mol. The van der Waals surface area contributed by atoms with E-state index < -0.39 is 11.6 Å². The average molecular weight is 290 g/mol. The van der Waals surface area contributed by atoms with Gasteiger partial charge in [0.25, 0.3) is 0 Å². The van der Waals surface area contributed by atoms with Crippen LogP contribution in [0.2, 0.25) is 5.02 Å². The Labute approximate surface area is 117 Å². The predicted molar refractivity (Wildman–Crippen MR) is 71.3 cm³/mol. The van der Waals surface area contributed by atoms with Crippen LogP contribution >= 0.6 is 11.6 Å². The number of hydrogen-bond donors (Lipinski definition) is 1. The average Bonchev–Trinajstić information content (AvgIpc) is 2.77. The fourth-order valence-electron chi connectivity index (χ4n) is 2.54. The van der Waals surface area contributed by atoms with Gasteiger partial charge in [0.2, 0.25) is 0 Å². The molecule has 3 unspecified atom stereocenters. The molecule has 1 heterocycles. The van der Waals surface area contributed by atoms with Gasteiger partial charge in [0.15, 0.2) is 11.6 Å². The summed E-state index contributed by atoms with van der Waals surface area (Å²) in [5.41, 5.74) is 0.557. The third-order valence-corrected chi connectivity index (χ3v) is 3.90. The van der Waals surface area contributed by atoms with Crippen molar-refractivity contribution in [2.75, 3.05) is 13.2 Å². The minimum atomic E-state index is -0.926. The van der Waals surface area contributed by atoms with E-state index in [1.807, 2.05) is 6.92 Å². The summed E-state index contributed by atoms with van der Waals surface area (Å²) < 4.78 is 32.3. The summed E-state index contributed by atoms with van der Waals surface area (Å²) in [6, 6.07) is 1.97. The summed E-state index contributed by atoms with van der Waals surface area (Å²) in [4.78, 5) is 0. The highest BCUT2D eigenvalue weighted by Gasteiger charge is 2.34. The standard InChI is InChI=1S/C14H18ClF2NO/c1-3-18-13(14-8(2)4-5-19-14)9-6-11(16)12(17)7-10(9)15/h6-8,13-14,18H,3-5H2,1-2H3. The molecule has 1 aromatic rings. The largest absolute Gasteiger partial charge is 0.376 e. The van der Waals surface area contributed by atoms with Gasteiger partial charge in [-0.2, -0.15) is 0 Å². The summed E-state index contributed by atoms with van der Waals surface area (Å²) in [5.74, 6) is -1.45. The second-order valence-electron chi connectivity index (χ2n) is 4.92. The van der Waals surface area contributed by atoms with E-state index in [0.717, 1.165) is 12.5 Å². The molecule has 1 N–H and O–H groups in total. The lowest BCUT2D eigenvalue weighted by Crippen LogP contribution is -2.35. The Kier molecular flexibility index (Phi) is 4.76. The molecule has 1 aliphatic heterocycles. The zero-order valence-corrected chi connectivity index (χ0v) is 11.8. The second kappa shape index (κ2) is 6.16. The molecule has 2 rings (SSSR count). The van der Waals surface area contributed by atoms with Crippen LogP contribution in [0.3, 0.4) is 0 Å². The fourth-order valence-corrected chi connectivity index (χ4v) is 2.81. The Morgan fingerprint density at radius 2 is 2.11 bits per heavy atom. The molecule has 1 saturated heterocycles. The number of nitrogens with one attached hydrogen (secondary N) is 1. The first-order chi connectivity index (χ1) is 9.04. The zero-order valence-electron chi connectivity index (χ0n) is 11.1. The predicted octanol–water partition coefficient (Wildman–Crippen LogP) is 3.69. The normalized spacial score (nSPS) is 24.7. The van der Waals surface area contributed by atoms with Gasteiger partial charge >= 0.3 is 0 Å². The Morgan fingerprint density at radius 1 is 1.42 bits per heavy atom. The maximum atomic E-state index is 13.4. The van der Waals surface area contributed by atoms with Crippen molar-refractivity contribution in [1.29, 1.82) is 0 Å². The molecular weight excluding hydrogens is 272 g/mol. The smallest absolute Gasteiger partial charge is 0.160 e. The minimum absolute atomic E-state index is 0.0673. The van der Waals surface area contributed by atoms with Crippen molar-refractivity contribution < 1.29 is 13.5 Å². The number of rotatable bonds is 4. The van der Waals surface area contributed by atoms with E-state index in [9.17, 15) is 8.78 Å². The van der Waals surface area contributed by atoms with E-state index >= 15 is 0 Å². The van der Waals surface area contributed by atoms with Crippen LogP contribution in [0.1, 0.15) is 31.9 Å². The van der Waals surface area contributed by atoms with Crippen LogP contribution in [0.15, 0.2) is 12.1 Å². The molecule has 0 amide bonds. The van der Waals surface area contributed by atoms with Crippen molar-refractivity contribution in [2.24, 2.45) is 5.92 Å². The van der Waals surface area contributed by atoms with Crippen LogP contribution < -0.4 is 5.32 Å². The molecule has 0 aromatic heterocycles. The molecule has 106 valence electrons. The van der Waals surface area contributed by atoms with Gasteiger partial charge in [-0.3, -0.25) is 0 Å². The molecular formula is C14H18ClF2NO. The lowest BCUT2D eigenvalue weighted by molar-refractivity contribution is 0.0611. The van der Waals surface area contributed by atoms with E-state index in [4.69, 9.17) is 16.3 Å². The van der Waals surface area contributed by atoms with Gasteiger partial charge in [0, 0.05) is 11.6 Å². The van der Waals surface area contributed by atoms with Crippen LogP contribution in [0, 0.1) is 17.6 Å². The molecule has 3 atom stereocenters. The first kappa shape index (κ1) is 14.7. The highest BCUT2D eigenvalue weighted by Crippen LogP contribution is 2.35. The van der Waals surface area contributed by atoms with E-state index in [2.05, 4.69) is 12.2 Å². The van der Waals surface area contributed by atoms with Crippen LogP contribution in [0.5, 0.6) is 0 Å². The molecule has 0 radical (unpaired) electrons. The summed E-state index contributed by atoms with van der Waals surface area (Å²) in [6.45, 7) is 5.44. The van der Waals surface area contributed by atoms with Gasteiger partial charge < -0.3 is 10.1 Å². The van der Waals surface area contributed by atoms with Crippen LogP contribution in [0.4, 0.5) is 8.78 Å². The van der Waals surface area contributed by atoms with Gasteiger partial charge in [0.05, 0.1) is 12.1 Å². The zero-order chi connectivity index (χ0) is 14.0. The lowest BCUT2D eigenvalue weighted by atomic mass is 9.92. The molecule has 5 heteroatoms. The molecule has 0 bridgehead atoms. The summed E-state index contributed by atoms with van der Waals surface area (Å²) in [7, 11) is 0. The van der Waals surface area contributed by atoms with Crippen molar-refractivity contribution in [3.63, 3.8) is 0 Å². The maximum absolute atomic E-state index is 13.4. The molecule has 0 spiro atoms. The Morgan fingerprint density at radius 3 is 2.68 bits per heavy atom. The highest BCUT2D eigenvalue weighted by molar-refractivity contribution is 6.31. The molecule has 2 nitrogen and oxygen atoms in total. The van der Waals surface area contributed by atoms with Gasteiger partial charge in [-0.1, -0.05) is 25.4 Å². The fraction of sp³-hybridized carbons (Fsp3) is 0.571. The first-order valence-electron chi connectivity index (χ1n) is 6.54. The number of likely N-dealkylation sites (N-methyl/N-ethyl adjacent to an activating group) is 1. The lowest BCUT2D eigenvalue weighted by Gasteiger charge is -2.28. The number of benzene rings is 1. The number of hydrogen-bond acceptors (Lipinski definition) is 2. The Bertz CT molecular complexity index is 455. The van der Waals surface area contributed by atoms with Gasteiger partial charge in [-0.25, -0.2) is 8.78 Å². The summed E-state index contributed by atoms with van der Waals surface area (Å²) >= 11 is 6.06. The van der Waals surface area contributed by atoms with E-state index in [-0.39, 0.29) is 17.2 Å². The molecule has 1 aromatic carbocycles. The SMILES string of the molecule is CCNC(c1cc(F)c(F)cc1Cl)C1OCCC1C. The van der Waals surface area contributed by atoms with Crippen molar-refractivity contribution in [3.05, 3.63) is 34.4 Å². The number of ether oxygens (including phenoxy) is 1.